The number of carbonyl (C=O) groups excluding carboxylic acids is 4. The van der Waals surface area contributed by atoms with E-state index < -0.39 is 23.8 Å². The lowest BCUT2D eigenvalue weighted by Crippen LogP contribution is -2.54. The van der Waals surface area contributed by atoms with Crippen molar-refractivity contribution >= 4 is 29.3 Å². The Morgan fingerprint density at radius 1 is 0.943 bits per heavy atom. The third kappa shape index (κ3) is 3.72. The molecule has 0 saturated carbocycles. The van der Waals surface area contributed by atoms with Crippen molar-refractivity contribution in [3.8, 4) is 0 Å². The van der Waals surface area contributed by atoms with Gasteiger partial charge >= 0.3 is 0 Å². The van der Waals surface area contributed by atoms with Crippen LogP contribution in [-0.2, 0) is 22.6 Å². The lowest BCUT2D eigenvalue weighted by Gasteiger charge is -2.47. The number of rotatable bonds is 3. The van der Waals surface area contributed by atoms with Crippen molar-refractivity contribution in [3.63, 3.8) is 0 Å². The zero-order valence-electron chi connectivity index (χ0n) is 19.5. The molecule has 2 fully saturated rings. The Hall–Kier alpha value is -3.52. The molecular formula is C27H28N4O4. The average molecular weight is 473 g/mol. The van der Waals surface area contributed by atoms with Gasteiger partial charge in [-0.25, -0.2) is 0 Å². The summed E-state index contributed by atoms with van der Waals surface area (Å²) in [6.45, 7) is 3.65. The number of fused-ring (bicyclic) bond motifs is 2. The predicted octanol–water partition coefficient (Wildman–Crippen LogP) is 2.02. The molecule has 0 radical (unpaired) electrons. The first-order valence-corrected chi connectivity index (χ1v) is 12.3. The van der Waals surface area contributed by atoms with Gasteiger partial charge in [0.1, 0.15) is 6.04 Å². The lowest BCUT2D eigenvalue weighted by atomic mass is 9.71. The SMILES string of the molecule is O=C1CCC(N2C(=O)c3ccc(CN4CC5(CCNCC5)Cc5ccccc54)cc3C2=O)C(=O)N1. The van der Waals surface area contributed by atoms with Crippen LogP contribution in [0.1, 0.15) is 57.5 Å². The van der Waals surface area contributed by atoms with E-state index in [0.717, 1.165) is 49.4 Å². The highest BCUT2D eigenvalue weighted by atomic mass is 16.2. The van der Waals surface area contributed by atoms with Crippen molar-refractivity contribution < 1.29 is 19.2 Å². The summed E-state index contributed by atoms with van der Waals surface area (Å²) in [5.74, 6) is -1.90. The number of nitrogens with one attached hydrogen (secondary N) is 2. The molecule has 4 aliphatic rings. The maximum Gasteiger partial charge on any atom is 0.262 e. The fraction of sp³-hybridized carbons (Fsp3) is 0.407. The van der Waals surface area contributed by atoms with Gasteiger partial charge in [0.2, 0.25) is 11.8 Å². The van der Waals surface area contributed by atoms with Crippen molar-refractivity contribution in [2.45, 2.75) is 44.7 Å². The van der Waals surface area contributed by atoms with Crippen LogP contribution in [0.2, 0.25) is 0 Å². The minimum atomic E-state index is -0.947. The molecule has 35 heavy (non-hydrogen) atoms. The van der Waals surface area contributed by atoms with Crippen LogP contribution < -0.4 is 15.5 Å². The van der Waals surface area contributed by atoms with E-state index >= 15 is 0 Å². The number of benzene rings is 2. The number of nitrogens with zero attached hydrogens (tertiary/aromatic N) is 2. The van der Waals surface area contributed by atoms with Crippen molar-refractivity contribution in [3.05, 3.63) is 64.7 Å². The van der Waals surface area contributed by atoms with Gasteiger partial charge in [-0.3, -0.25) is 29.4 Å². The fourth-order valence-corrected chi connectivity index (χ4v) is 6.19. The second kappa shape index (κ2) is 8.30. The summed E-state index contributed by atoms with van der Waals surface area (Å²) in [5, 5.41) is 5.72. The molecule has 2 N–H and O–H groups in total. The second-order valence-electron chi connectivity index (χ2n) is 10.2. The summed E-state index contributed by atoms with van der Waals surface area (Å²) in [5.41, 5.74) is 4.43. The molecule has 180 valence electrons. The van der Waals surface area contributed by atoms with Gasteiger partial charge in [-0.1, -0.05) is 24.3 Å². The Labute approximate surface area is 203 Å². The van der Waals surface area contributed by atoms with Crippen LogP contribution >= 0.6 is 0 Å². The number of piperidine rings is 2. The van der Waals surface area contributed by atoms with Crippen molar-refractivity contribution in [2.75, 3.05) is 24.5 Å². The molecule has 2 aromatic carbocycles. The number of amides is 4. The van der Waals surface area contributed by atoms with Crippen LogP contribution in [0.3, 0.4) is 0 Å². The number of imide groups is 2. The van der Waals surface area contributed by atoms with E-state index in [4.69, 9.17) is 0 Å². The third-order valence-electron chi connectivity index (χ3n) is 7.97. The standard InChI is InChI=1S/C27H28N4O4/c32-23-8-7-22(24(33)29-23)31-25(34)19-6-5-17(13-20(19)26(31)35)15-30-16-27(9-11-28-12-10-27)14-18-3-1-2-4-21(18)30/h1-6,13,22,28H,7-12,14-16H2,(H,29,32,33). The van der Waals surface area contributed by atoms with Gasteiger partial charge in [0.15, 0.2) is 0 Å². The van der Waals surface area contributed by atoms with E-state index in [2.05, 4.69) is 39.8 Å². The molecule has 0 aliphatic carbocycles. The van der Waals surface area contributed by atoms with Crippen LogP contribution in [0.25, 0.3) is 0 Å². The summed E-state index contributed by atoms with van der Waals surface area (Å²) < 4.78 is 0. The van der Waals surface area contributed by atoms with Gasteiger partial charge in [-0.2, -0.15) is 0 Å². The molecule has 0 bridgehead atoms. The molecule has 8 nitrogen and oxygen atoms in total. The molecule has 4 aliphatic heterocycles. The molecule has 1 atom stereocenters. The minimum absolute atomic E-state index is 0.112. The van der Waals surface area contributed by atoms with Crippen LogP contribution in [0, 0.1) is 5.41 Å². The van der Waals surface area contributed by atoms with Crippen molar-refractivity contribution in [1.82, 2.24) is 15.5 Å². The molecule has 0 aromatic heterocycles. The van der Waals surface area contributed by atoms with E-state index in [0.29, 0.717) is 17.7 Å². The highest BCUT2D eigenvalue weighted by molar-refractivity contribution is 6.23. The second-order valence-corrected chi connectivity index (χ2v) is 10.2. The van der Waals surface area contributed by atoms with Crippen LogP contribution in [0.15, 0.2) is 42.5 Å². The number of anilines is 1. The monoisotopic (exact) mass is 472 g/mol. The summed E-state index contributed by atoms with van der Waals surface area (Å²) in [6.07, 6.45) is 3.62. The quantitative estimate of drug-likeness (QED) is 0.664. The molecule has 8 heteroatoms. The van der Waals surface area contributed by atoms with Crippen LogP contribution in [0.5, 0.6) is 0 Å². The number of hydrogen-bond donors (Lipinski definition) is 2. The molecule has 4 amide bonds. The van der Waals surface area contributed by atoms with Gasteiger partial charge in [-0.15, -0.1) is 0 Å². The van der Waals surface area contributed by atoms with Crippen molar-refractivity contribution in [1.29, 1.82) is 0 Å². The van der Waals surface area contributed by atoms with Crippen LogP contribution in [-0.4, -0.2) is 54.2 Å². The van der Waals surface area contributed by atoms with Crippen LogP contribution in [0.4, 0.5) is 5.69 Å². The Bertz CT molecular complexity index is 1250. The molecule has 6 rings (SSSR count). The van der Waals surface area contributed by atoms with E-state index in [-0.39, 0.29) is 24.2 Å². The van der Waals surface area contributed by atoms with E-state index in [1.807, 2.05) is 6.07 Å². The summed E-state index contributed by atoms with van der Waals surface area (Å²) in [7, 11) is 0. The topological polar surface area (TPSA) is 98.8 Å². The van der Waals surface area contributed by atoms with Crippen molar-refractivity contribution in [2.24, 2.45) is 5.41 Å². The fourth-order valence-electron chi connectivity index (χ4n) is 6.19. The van der Waals surface area contributed by atoms with Gasteiger partial charge in [0, 0.05) is 25.2 Å². The minimum Gasteiger partial charge on any atom is -0.366 e. The summed E-state index contributed by atoms with van der Waals surface area (Å²) >= 11 is 0. The third-order valence-corrected chi connectivity index (χ3v) is 7.97. The highest BCUT2D eigenvalue weighted by Crippen LogP contribution is 2.42. The normalized spacial score (nSPS) is 23.4. The Morgan fingerprint density at radius 3 is 2.51 bits per heavy atom. The summed E-state index contributed by atoms with van der Waals surface area (Å²) in [6, 6.07) is 13.0. The molecule has 2 saturated heterocycles. The maximum atomic E-state index is 13.2. The van der Waals surface area contributed by atoms with E-state index in [1.165, 1.54) is 11.3 Å². The highest BCUT2D eigenvalue weighted by Gasteiger charge is 2.45. The number of hydrogen-bond acceptors (Lipinski definition) is 6. The first kappa shape index (κ1) is 22.0. The average Bonchev–Trinajstić information content (AvgIpc) is 3.09. The predicted molar refractivity (Wildman–Crippen MR) is 129 cm³/mol. The molecule has 1 spiro atoms. The molecule has 2 aromatic rings. The van der Waals surface area contributed by atoms with Gasteiger partial charge in [0.25, 0.3) is 11.8 Å². The maximum absolute atomic E-state index is 13.2. The van der Waals surface area contributed by atoms with Gasteiger partial charge in [-0.05, 0) is 73.5 Å². The molecular weight excluding hydrogens is 444 g/mol. The first-order valence-electron chi connectivity index (χ1n) is 12.3. The van der Waals surface area contributed by atoms with Gasteiger partial charge < -0.3 is 10.2 Å². The number of para-hydroxylation sites is 1. The zero-order chi connectivity index (χ0) is 24.2. The molecule has 1 unspecified atom stereocenters. The zero-order valence-corrected chi connectivity index (χ0v) is 19.5. The Morgan fingerprint density at radius 2 is 1.71 bits per heavy atom. The largest absolute Gasteiger partial charge is 0.366 e. The lowest BCUT2D eigenvalue weighted by molar-refractivity contribution is -0.136. The smallest absolute Gasteiger partial charge is 0.262 e. The van der Waals surface area contributed by atoms with Gasteiger partial charge in [0.05, 0.1) is 11.1 Å². The summed E-state index contributed by atoms with van der Waals surface area (Å²) in [4.78, 5) is 53.6. The first-order chi connectivity index (χ1) is 16.9. The Balaban J connectivity index is 1.28. The van der Waals surface area contributed by atoms with E-state index in [1.54, 1.807) is 12.1 Å². The van der Waals surface area contributed by atoms with E-state index in [9.17, 15) is 19.2 Å². The number of carbonyl (C=O) groups is 4. The molecule has 4 heterocycles. The Kier molecular flexibility index (Phi) is 5.21.